The summed E-state index contributed by atoms with van der Waals surface area (Å²) < 4.78 is 12.6. The summed E-state index contributed by atoms with van der Waals surface area (Å²) in [5.41, 5.74) is 5.62. The molecule has 0 saturated carbocycles. The zero-order valence-corrected chi connectivity index (χ0v) is 11.8. The van der Waals surface area contributed by atoms with Gasteiger partial charge in [0, 0.05) is 30.8 Å². The number of hydrogen-bond acceptors (Lipinski definition) is 5. The Labute approximate surface area is 116 Å². The fourth-order valence-corrected chi connectivity index (χ4v) is 2.23. The normalized spacial score (nSPS) is 26.1. The number of rotatable bonds is 5. The van der Waals surface area contributed by atoms with E-state index in [1.807, 2.05) is 6.92 Å². The molecule has 20 heavy (non-hydrogen) atoms. The molecule has 1 saturated heterocycles. The Morgan fingerprint density at radius 2 is 2.30 bits per heavy atom. The highest BCUT2D eigenvalue weighted by atomic mass is 16.6. The molecule has 0 spiro atoms. The maximum Gasteiger partial charge on any atom is 0.330 e. The molecule has 3 N–H and O–H groups in total. The van der Waals surface area contributed by atoms with Gasteiger partial charge in [-0.2, -0.15) is 0 Å². The van der Waals surface area contributed by atoms with Crippen LogP contribution in [-0.4, -0.2) is 34.9 Å². The number of nitrogens with two attached hydrogens (primary N) is 1. The molecule has 3 atom stereocenters. The van der Waals surface area contributed by atoms with Crippen LogP contribution in [0.3, 0.4) is 0 Å². The fraction of sp³-hybridized carbons (Fsp3) is 0.692. The van der Waals surface area contributed by atoms with Crippen molar-refractivity contribution in [3.05, 3.63) is 32.6 Å². The van der Waals surface area contributed by atoms with Crippen molar-refractivity contribution in [2.45, 2.75) is 45.1 Å². The number of aromatic amines is 1. The van der Waals surface area contributed by atoms with Gasteiger partial charge in [0.1, 0.15) is 6.23 Å². The Hall–Kier alpha value is -1.44. The Balaban J connectivity index is 2.10. The van der Waals surface area contributed by atoms with Crippen LogP contribution in [0.25, 0.3) is 0 Å². The first-order valence-electron chi connectivity index (χ1n) is 6.83. The molecule has 0 bridgehead atoms. The topological polar surface area (TPSA) is 99.3 Å². The van der Waals surface area contributed by atoms with Gasteiger partial charge in [-0.1, -0.05) is 6.92 Å². The molecular weight excluding hydrogens is 262 g/mol. The number of ether oxygens (including phenoxy) is 2. The second kappa shape index (κ2) is 6.34. The van der Waals surface area contributed by atoms with E-state index in [0.29, 0.717) is 25.2 Å². The lowest BCUT2D eigenvalue weighted by atomic mass is 10.1. The van der Waals surface area contributed by atoms with Crippen LogP contribution in [0.2, 0.25) is 0 Å². The molecule has 1 fully saturated rings. The van der Waals surface area contributed by atoms with Crippen molar-refractivity contribution >= 4 is 0 Å². The third-order valence-corrected chi connectivity index (χ3v) is 3.37. The van der Waals surface area contributed by atoms with Crippen LogP contribution in [0.15, 0.2) is 15.8 Å². The minimum Gasteiger partial charge on any atom is -0.379 e. The summed E-state index contributed by atoms with van der Waals surface area (Å²) in [6, 6.07) is -0.184. The van der Waals surface area contributed by atoms with Crippen LogP contribution in [0.5, 0.6) is 0 Å². The predicted octanol–water partition coefficient (Wildman–Crippen LogP) is -0.114. The molecule has 1 aromatic heterocycles. The van der Waals surface area contributed by atoms with Crippen molar-refractivity contribution in [1.29, 1.82) is 0 Å². The molecule has 0 amide bonds. The van der Waals surface area contributed by atoms with Gasteiger partial charge in [-0.15, -0.1) is 0 Å². The first-order chi connectivity index (χ1) is 9.52. The van der Waals surface area contributed by atoms with Gasteiger partial charge >= 0.3 is 5.69 Å². The van der Waals surface area contributed by atoms with Gasteiger partial charge in [-0.3, -0.25) is 14.3 Å². The summed E-state index contributed by atoms with van der Waals surface area (Å²) in [6.07, 6.45) is 2.28. The van der Waals surface area contributed by atoms with E-state index in [1.54, 1.807) is 6.92 Å². The van der Waals surface area contributed by atoms with Crippen molar-refractivity contribution in [3.63, 3.8) is 0 Å². The second-order valence-electron chi connectivity index (χ2n) is 5.08. The van der Waals surface area contributed by atoms with Crippen LogP contribution >= 0.6 is 0 Å². The molecule has 7 heteroatoms. The van der Waals surface area contributed by atoms with Crippen molar-refractivity contribution in [1.82, 2.24) is 9.55 Å². The molecule has 2 rings (SSSR count). The van der Waals surface area contributed by atoms with Crippen LogP contribution < -0.4 is 17.0 Å². The molecule has 3 unspecified atom stereocenters. The molecule has 2 heterocycles. The number of aromatic nitrogens is 2. The summed E-state index contributed by atoms with van der Waals surface area (Å²) in [7, 11) is 0. The zero-order valence-electron chi connectivity index (χ0n) is 11.8. The van der Waals surface area contributed by atoms with E-state index in [9.17, 15) is 9.59 Å². The van der Waals surface area contributed by atoms with Gasteiger partial charge in [-0.05, 0) is 13.3 Å². The molecule has 0 aromatic carbocycles. The standard InChI is InChI=1S/C13H21N3O4/c1-3-4-19-7-10-9(14)5-11(20-10)16-6-8(2)12(17)15-13(16)18/h6,9-11H,3-5,7,14H2,1-2H3,(H,15,17,18). The van der Waals surface area contributed by atoms with Crippen molar-refractivity contribution < 1.29 is 9.47 Å². The quantitative estimate of drug-likeness (QED) is 0.734. The SMILES string of the molecule is CCCOCC1OC(n2cc(C)c(=O)[nH]c2=O)CC1N. The van der Waals surface area contributed by atoms with Crippen LogP contribution in [0.4, 0.5) is 0 Å². The molecular formula is C13H21N3O4. The molecule has 0 aliphatic carbocycles. The third kappa shape index (κ3) is 3.17. The van der Waals surface area contributed by atoms with E-state index in [-0.39, 0.29) is 17.7 Å². The first-order valence-corrected chi connectivity index (χ1v) is 6.83. The number of aryl methyl sites for hydroxylation is 1. The van der Waals surface area contributed by atoms with Crippen LogP contribution in [0, 0.1) is 6.92 Å². The molecule has 1 aromatic rings. The highest BCUT2D eigenvalue weighted by Gasteiger charge is 2.34. The highest BCUT2D eigenvalue weighted by molar-refractivity contribution is 5.02. The Morgan fingerprint density at radius 1 is 1.55 bits per heavy atom. The summed E-state index contributed by atoms with van der Waals surface area (Å²) in [5, 5.41) is 0. The molecule has 1 aliphatic rings. The fourth-order valence-electron chi connectivity index (χ4n) is 2.23. The van der Waals surface area contributed by atoms with Gasteiger partial charge in [0.15, 0.2) is 0 Å². The minimum atomic E-state index is -0.479. The van der Waals surface area contributed by atoms with E-state index in [4.69, 9.17) is 15.2 Å². The average molecular weight is 283 g/mol. The molecule has 112 valence electrons. The summed E-state index contributed by atoms with van der Waals surface area (Å²) in [5.74, 6) is 0. The number of H-pyrrole nitrogens is 1. The van der Waals surface area contributed by atoms with Gasteiger partial charge in [0.05, 0.1) is 12.7 Å². The molecule has 0 radical (unpaired) electrons. The lowest BCUT2D eigenvalue weighted by Crippen LogP contribution is -2.34. The minimum absolute atomic E-state index is 0.184. The number of hydrogen-bond donors (Lipinski definition) is 2. The zero-order chi connectivity index (χ0) is 14.7. The summed E-state index contributed by atoms with van der Waals surface area (Å²) in [4.78, 5) is 25.4. The van der Waals surface area contributed by atoms with E-state index >= 15 is 0 Å². The van der Waals surface area contributed by atoms with Gasteiger partial charge in [0.25, 0.3) is 5.56 Å². The van der Waals surface area contributed by atoms with Gasteiger partial charge in [0.2, 0.25) is 0 Å². The highest BCUT2D eigenvalue weighted by Crippen LogP contribution is 2.26. The Bertz CT molecular complexity index is 565. The van der Waals surface area contributed by atoms with E-state index in [0.717, 1.165) is 6.42 Å². The molecule has 7 nitrogen and oxygen atoms in total. The molecule has 1 aliphatic heterocycles. The van der Waals surface area contributed by atoms with Crippen LogP contribution in [0.1, 0.15) is 31.6 Å². The van der Waals surface area contributed by atoms with Crippen molar-refractivity contribution in [2.24, 2.45) is 5.73 Å². The number of nitrogens with zero attached hydrogens (tertiary/aromatic N) is 1. The Kier molecular flexibility index (Phi) is 4.74. The summed E-state index contributed by atoms with van der Waals surface area (Å²) >= 11 is 0. The monoisotopic (exact) mass is 283 g/mol. The largest absolute Gasteiger partial charge is 0.379 e. The predicted molar refractivity (Wildman–Crippen MR) is 73.7 cm³/mol. The lowest BCUT2D eigenvalue weighted by Gasteiger charge is -2.16. The lowest BCUT2D eigenvalue weighted by molar-refractivity contribution is -0.0453. The smallest absolute Gasteiger partial charge is 0.330 e. The van der Waals surface area contributed by atoms with E-state index in [2.05, 4.69) is 4.98 Å². The van der Waals surface area contributed by atoms with Crippen molar-refractivity contribution in [2.75, 3.05) is 13.2 Å². The third-order valence-electron chi connectivity index (χ3n) is 3.37. The maximum absolute atomic E-state index is 11.8. The van der Waals surface area contributed by atoms with Gasteiger partial charge < -0.3 is 15.2 Å². The maximum atomic E-state index is 11.8. The first kappa shape index (κ1) is 15.0. The van der Waals surface area contributed by atoms with Crippen molar-refractivity contribution in [3.8, 4) is 0 Å². The average Bonchev–Trinajstić information content (AvgIpc) is 2.76. The Morgan fingerprint density at radius 3 is 3.00 bits per heavy atom. The van der Waals surface area contributed by atoms with E-state index < -0.39 is 11.9 Å². The second-order valence-corrected chi connectivity index (χ2v) is 5.08. The summed E-state index contributed by atoms with van der Waals surface area (Å²) in [6.45, 7) is 4.75. The van der Waals surface area contributed by atoms with Crippen LogP contribution in [-0.2, 0) is 9.47 Å². The number of nitrogens with one attached hydrogen (secondary N) is 1. The van der Waals surface area contributed by atoms with E-state index in [1.165, 1.54) is 10.8 Å². The van der Waals surface area contributed by atoms with Gasteiger partial charge in [-0.25, -0.2) is 4.79 Å².